The lowest BCUT2D eigenvalue weighted by atomic mass is 9.95. The van der Waals surface area contributed by atoms with Gasteiger partial charge in [0, 0.05) is 32.0 Å². The van der Waals surface area contributed by atoms with E-state index in [0.717, 1.165) is 17.5 Å². The highest BCUT2D eigenvalue weighted by Crippen LogP contribution is 2.19. The molecule has 1 aliphatic heterocycles. The second kappa shape index (κ2) is 11.4. The predicted octanol–water partition coefficient (Wildman–Crippen LogP) is 3.82. The largest absolute Gasteiger partial charge is 0.435 e. The zero-order valence-electron chi connectivity index (χ0n) is 17.4. The van der Waals surface area contributed by atoms with Gasteiger partial charge in [0.2, 0.25) is 11.8 Å². The molecule has 31 heavy (non-hydrogen) atoms. The van der Waals surface area contributed by atoms with Crippen molar-refractivity contribution in [2.24, 2.45) is 5.92 Å². The minimum absolute atomic E-state index is 0.00837. The van der Waals surface area contributed by atoms with Gasteiger partial charge in [0.15, 0.2) is 0 Å². The van der Waals surface area contributed by atoms with E-state index in [1.54, 1.807) is 12.1 Å². The molecule has 0 aromatic heterocycles. The van der Waals surface area contributed by atoms with Crippen LogP contribution < -0.4 is 10.1 Å². The molecule has 2 aromatic rings. The van der Waals surface area contributed by atoms with Crippen LogP contribution in [0.4, 0.5) is 8.78 Å². The molecule has 0 atom stereocenters. The third-order valence-electron chi connectivity index (χ3n) is 5.55. The van der Waals surface area contributed by atoms with Crippen molar-refractivity contribution in [3.8, 4) is 5.75 Å². The molecule has 1 N–H and O–H groups in total. The number of halogens is 2. The van der Waals surface area contributed by atoms with Crippen molar-refractivity contribution in [1.29, 1.82) is 0 Å². The Morgan fingerprint density at radius 3 is 2.26 bits per heavy atom. The zero-order chi connectivity index (χ0) is 22.1. The van der Waals surface area contributed by atoms with Crippen LogP contribution >= 0.6 is 0 Å². The van der Waals surface area contributed by atoms with E-state index in [0.29, 0.717) is 45.3 Å². The molecule has 0 unspecified atom stereocenters. The standard InChI is InChI=1S/C24H28F2N2O3/c25-24(26)31-21-9-6-19(7-10-21)12-15-27-23(30)20-13-16-28(17-14-20)22(29)11-8-18-4-2-1-3-5-18/h1-7,9-10,20,24H,8,11-17H2,(H,27,30). The van der Waals surface area contributed by atoms with Crippen LogP contribution in [-0.4, -0.2) is 43.0 Å². The average Bonchev–Trinajstić information content (AvgIpc) is 2.79. The number of amides is 2. The van der Waals surface area contributed by atoms with Gasteiger partial charge >= 0.3 is 6.61 Å². The highest BCUT2D eigenvalue weighted by Gasteiger charge is 2.26. The van der Waals surface area contributed by atoms with Gasteiger partial charge in [0.1, 0.15) is 5.75 Å². The number of carbonyl (C=O) groups excluding carboxylic acids is 2. The lowest BCUT2D eigenvalue weighted by Crippen LogP contribution is -2.43. The summed E-state index contributed by atoms with van der Waals surface area (Å²) in [6.45, 7) is -1.14. The summed E-state index contributed by atoms with van der Waals surface area (Å²) in [4.78, 5) is 26.7. The van der Waals surface area contributed by atoms with Crippen LogP contribution in [0.15, 0.2) is 54.6 Å². The fourth-order valence-corrected chi connectivity index (χ4v) is 3.76. The number of hydrogen-bond acceptors (Lipinski definition) is 3. The first kappa shape index (κ1) is 22.7. The van der Waals surface area contributed by atoms with Crippen molar-refractivity contribution < 1.29 is 23.1 Å². The molecule has 0 bridgehead atoms. The molecular formula is C24H28F2N2O3. The minimum atomic E-state index is -2.84. The van der Waals surface area contributed by atoms with E-state index in [4.69, 9.17) is 0 Å². The van der Waals surface area contributed by atoms with Gasteiger partial charge < -0.3 is 15.0 Å². The Balaban J connectivity index is 1.33. The minimum Gasteiger partial charge on any atom is -0.435 e. The van der Waals surface area contributed by atoms with Crippen molar-refractivity contribution >= 4 is 11.8 Å². The van der Waals surface area contributed by atoms with Crippen molar-refractivity contribution in [3.63, 3.8) is 0 Å². The van der Waals surface area contributed by atoms with Gasteiger partial charge in [-0.1, -0.05) is 42.5 Å². The molecule has 5 nitrogen and oxygen atoms in total. The number of aryl methyl sites for hydroxylation is 1. The molecule has 2 aromatic carbocycles. The molecule has 1 fully saturated rings. The topological polar surface area (TPSA) is 58.6 Å². The summed E-state index contributed by atoms with van der Waals surface area (Å²) in [5.41, 5.74) is 2.09. The first-order valence-corrected chi connectivity index (χ1v) is 10.6. The highest BCUT2D eigenvalue weighted by molar-refractivity contribution is 5.80. The number of carbonyl (C=O) groups is 2. The molecule has 0 aliphatic carbocycles. The number of benzene rings is 2. The normalized spacial score (nSPS) is 14.5. The molecule has 1 aliphatic rings. The van der Waals surface area contributed by atoms with E-state index in [1.807, 2.05) is 35.2 Å². The van der Waals surface area contributed by atoms with Crippen molar-refractivity contribution in [2.75, 3.05) is 19.6 Å². The van der Waals surface area contributed by atoms with Crippen LogP contribution in [0.25, 0.3) is 0 Å². The molecule has 1 saturated heterocycles. The van der Waals surface area contributed by atoms with Gasteiger partial charge in [-0.2, -0.15) is 8.78 Å². The van der Waals surface area contributed by atoms with Gasteiger partial charge in [0.25, 0.3) is 0 Å². The second-order valence-corrected chi connectivity index (χ2v) is 7.70. The summed E-state index contributed by atoms with van der Waals surface area (Å²) in [7, 11) is 0. The van der Waals surface area contributed by atoms with Crippen LogP contribution in [-0.2, 0) is 22.4 Å². The zero-order valence-corrected chi connectivity index (χ0v) is 17.4. The fraction of sp³-hybridized carbons (Fsp3) is 0.417. The summed E-state index contributed by atoms with van der Waals surface area (Å²) < 4.78 is 28.7. The van der Waals surface area contributed by atoms with Crippen LogP contribution in [0, 0.1) is 5.92 Å². The molecule has 2 amide bonds. The fourth-order valence-electron chi connectivity index (χ4n) is 3.76. The third kappa shape index (κ3) is 7.35. The van der Waals surface area contributed by atoms with Gasteiger partial charge in [-0.15, -0.1) is 0 Å². The molecule has 0 saturated carbocycles. The maximum atomic E-state index is 12.4. The Hall–Kier alpha value is -2.96. The lowest BCUT2D eigenvalue weighted by molar-refractivity contribution is -0.135. The molecule has 166 valence electrons. The summed E-state index contributed by atoms with van der Waals surface area (Å²) >= 11 is 0. The number of ether oxygens (including phenoxy) is 1. The first-order chi connectivity index (χ1) is 15.0. The maximum Gasteiger partial charge on any atom is 0.387 e. The van der Waals surface area contributed by atoms with Crippen LogP contribution in [0.5, 0.6) is 5.75 Å². The predicted molar refractivity (Wildman–Crippen MR) is 114 cm³/mol. The van der Waals surface area contributed by atoms with Gasteiger partial charge in [-0.05, 0) is 48.9 Å². The number of hydrogen-bond donors (Lipinski definition) is 1. The average molecular weight is 430 g/mol. The van der Waals surface area contributed by atoms with Crippen molar-refractivity contribution in [1.82, 2.24) is 10.2 Å². The van der Waals surface area contributed by atoms with Gasteiger partial charge in [-0.25, -0.2) is 0 Å². The van der Waals surface area contributed by atoms with E-state index in [2.05, 4.69) is 10.1 Å². The van der Waals surface area contributed by atoms with Crippen LogP contribution in [0.3, 0.4) is 0 Å². The van der Waals surface area contributed by atoms with E-state index in [9.17, 15) is 18.4 Å². The molecule has 0 radical (unpaired) electrons. The lowest BCUT2D eigenvalue weighted by Gasteiger charge is -2.31. The monoisotopic (exact) mass is 430 g/mol. The third-order valence-corrected chi connectivity index (χ3v) is 5.55. The van der Waals surface area contributed by atoms with Crippen molar-refractivity contribution in [3.05, 3.63) is 65.7 Å². The maximum absolute atomic E-state index is 12.4. The van der Waals surface area contributed by atoms with E-state index < -0.39 is 6.61 Å². The first-order valence-electron chi connectivity index (χ1n) is 10.6. The number of piperidine rings is 1. The second-order valence-electron chi connectivity index (χ2n) is 7.70. The number of likely N-dealkylation sites (tertiary alicyclic amines) is 1. The molecular weight excluding hydrogens is 402 g/mol. The van der Waals surface area contributed by atoms with Crippen LogP contribution in [0.1, 0.15) is 30.4 Å². The quantitative estimate of drug-likeness (QED) is 0.658. The summed E-state index contributed by atoms with van der Waals surface area (Å²) in [6, 6.07) is 16.4. The molecule has 1 heterocycles. The van der Waals surface area contributed by atoms with Crippen LogP contribution in [0.2, 0.25) is 0 Å². The number of nitrogens with zero attached hydrogens (tertiary/aromatic N) is 1. The highest BCUT2D eigenvalue weighted by atomic mass is 19.3. The number of nitrogens with one attached hydrogen (secondary N) is 1. The van der Waals surface area contributed by atoms with Gasteiger partial charge in [-0.3, -0.25) is 9.59 Å². The van der Waals surface area contributed by atoms with Crippen molar-refractivity contribution in [2.45, 2.75) is 38.7 Å². The Bertz CT molecular complexity index is 836. The Morgan fingerprint density at radius 2 is 1.61 bits per heavy atom. The molecule has 0 spiro atoms. The smallest absolute Gasteiger partial charge is 0.387 e. The Kier molecular flexibility index (Phi) is 8.38. The number of alkyl halides is 2. The molecule has 3 rings (SSSR count). The van der Waals surface area contributed by atoms with E-state index in [1.165, 1.54) is 12.1 Å². The summed E-state index contributed by atoms with van der Waals surface area (Å²) in [5, 5.41) is 2.94. The van der Waals surface area contributed by atoms with Gasteiger partial charge in [0.05, 0.1) is 0 Å². The summed E-state index contributed by atoms with van der Waals surface area (Å²) in [5.74, 6) is 0.184. The summed E-state index contributed by atoms with van der Waals surface area (Å²) in [6.07, 6.45) is 3.17. The Labute approximate surface area is 181 Å². The van der Waals surface area contributed by atoms with E-state index in [-0.39, 0.29) is 23.5 Å². The van der Waals surface area contributed by atoms with E-state index >= 15 is 0 Å². The molecule has 7 heteroatoms. The number of rotatable bonds is 9. The Morgan fingerprint density at radius 1 is 0.968 bits per heavy atom. The SMILES string of the molecule is O=C(NCCc1ccc(OC(F)F)cc1)C1CCN(C(=O)CCc2ccccc2)CC1.